The molecule has 7 heteroatoms. The number of hydrogen-bond donors (Lipinski definition) is 1. The molecule has 3 rings (SSSR count). The molecule has 0 bridgehead atoms. The number of rotatable bonds is 10. The monoisotopic (exact) mass is 382 g/mol. The van der Waals surface area contributed by atoms with Crippen molar-refractivity contribution < 1.29 is 9.53 Å². The van der Waals surface area contributed by atoms with Crippen LogP contribution in [0.1, 0.15) is 36.4 Å². The number of amides is 1. The van der Waals surface area contributed by atoms with Crippen LogP contribution in [0.25, 0.3) is 10.4 Å². The Balaban J connectivity index is 1.58. The van der Waals surface area contributed by atoms with Gasteiger partial charge in [-0.15, -0.1) is 23.7 Å². The third kappa shape index (κ3) is 5.22. The molecule has 0 atom stereocenters. The fourth-order valence-electron chi connectivity index (χ4n) is 2.77. The molecule has 2 heterocycles. The summed E-state index contributed by atoms with van der Waals surface area (Å²) >= 11 is 1.59. The van der Waals surface area contributed by atoms with Crippen LogP contribution in [0, 0.1) is 12.3 Å². The van der Waals surface area contributed by atoms with Crippen molar-refractivity contribution in [3.63, 3.8) is 0 Å². The third-order valence-corrected chi connectivity index (χ3v) is 5.42. The van der Waals surface area contributed by atoms with Crippen molar-refractivity contribution in [1.82, 2.24) is 10.3 Å². The first-order valence-electron chi connectivity index (χ1n) is 8.83. The molecular formula is C20H22N4O2S. The third-order valence-electron chi connectivity index (χ3n) is 4.30. The smallest absolute Gasteiger partial charge is 0.220 e. The zero-order valence-corrected chi connectivity index (χ0v) is 16.1. The molecule has 1 aliphatic heterocycles. The van der Waals surface area contributed by atoms with Crippen molar-refractivity contribution in [3.05, 3.63) is 41.0 Å². The van der Waals surface area contributed by atoms with E-state index in [1.165, 1.54) is 0 Å². The van der Waals surface area contributed by atoms with Crippen LogP contribution in [0.2, 0.25) is 0 Å². The van der Waals surface area contributed by atoms with Gasteiger partial charge >= 0.3 is 0 Å². The van der Waals surface area contributed by atoms with E-state index in [0.29, 0.717) is 38.8 Å². The molecule has 27 heavy (non-hydrogen) atoms. The Morgan fingerprint density at radius 3 is 2.74 bits per heavy atom. The Kier molecular flexibility index (Phi) is 6.32. The van der Waals surface area contributed by atoms with E-state index in [1.54, 1.807) is 18.4 Å². The van der Waals surface area contributed by atoms with E-state index >= 15 is 0 Å². The van der Waals surface area contributed by atoms with Crippen molar-refractivity contribution in [2.45, 2.75) is 44.5 Å². The summed E-state index contributed by atoms with van der Waals surface area (Å²) in [4.78, 5) is 17.9. The standard InChI is InChI=1S/C20H22N4O2S/c1-3-4-11-20(23-24-20)12-10-17(25)21-13-16-19(15-8-6-5-7-9-15)27-18(22-16)14-26-2/h1,5-9H,4,10-14H2,2H3,(H,21,25). The van der Waals surface area contributed by atoms with E-state index in [0.717, 1.165) is 21.1 Å². The summed E-state index contributed by atoms with van der Waals surface area (Å²) in [6.45, 7) is 0.841. The summed E-state index contributed by atoms with van der Waals surface area (Å²) in [5, 5.41) is 12.0. The Labute approximate surface area is 163 Å². The molecule has 0 fully saturated rings. The van der Waals surface area contributed by atoms with Gasteiger partial charge in [-0.1, -0.05) is 30.3 Å². The Morgan fingerprint density at radius 2 is 2.07 bits per heavy atom. The largest absolute Gasteiger partial charge is 0.378 e. The van der Waals surface area contributed by atoms with Crippen LogP contribution in [-0.4, -0.2) is 23.7 Å². The van der Waals surface area contributed by atoms with Crippen LogP contribution in [0.3, 0.4) is 0 Å². The van der Waals surface area contributed by atoms with E-state index in [2.05, 4.69) is 26.4 Å². The maximum absolute atomic E-state index is 12.3. The highest BCUT2D eigenvalue weighted by atomic mass is 32.1. The van der Waals surface area contributed by atoms with Gasteiger partial charge in [-0.05, 0) is 5.56 Å². The SMILES string of the molecule is C#CCCC1(CCC(=O)NCc2nc(COC)sc2-c2ccccc2)N=N1. The van der Waals surface area contributed by atoms with Crippen molar-refractivity contribution in [2.24, 2.45) is 10.2 Å². The van der Waals surface area contributed by atoms with E-state index in [1.807, 2.05) is 30.3 Å². The molecule has 0 radical (unpaired) electrons. The molecule has 0 spiro atoms. The first-order valence-corrected chi connectivity index (χ1v) is 9.64. The lowest BCUT2D eigenvalue weighted by molar-refractivity contribution is -0.121. The summed E-state index contributed by atoms with van der Waals surface area (Å²) in [6, 6.07) is 10.0. The van der Waals surface area contributed by atoms with Crippen LogP contribution in [0.15, 0.2) is 40.6 Å². The van der Waals surface area contributed by atoms with Gasteiger partial charge in [0.15, 0.2) is 5.66 Å². The Morgan fingerprint density at radius 1 is 1.30 bits per heavy atom. The second-order valence-electron chi connectivity index (χ2n) is 6.35. The summed E-state index contributed by atoms with van der Waals surface area (Å²) in [7, 11) is 1.65. The maximum Gasteiger partial charge on any atom is 0.220 e. The van der Waals surface area contributed by atoms with Crippen molar-refractivity contribution >= 4 is 17.2 Å². The lowest BCUT2D eigenvalue weighted by Crippen LogP contribution is -2.25. The van der Waals surface area contributed by atoms with E-state index in [4.69, 9.17) is 11.2 Å². The summed E-state index contributed by atoms with van der Waals surface area (Å²) in [6.07, 6.45) is 7.58. The molecule has 1 amide bonds. The van der Waals surface area contributed by atoms with E-state index in [9.17, 15) is 4.79 Å². The van der Waals surface area contributed by atoms with Crippen molar-refractivity contribution in [3.8, 4) is 22.8 Å². The minimum absolute atomic E-state index is 0.0346. The Bertz CT molecular complexity index is 849. The number of thiazole rings is 1. The molecule has 1 N–H and O–H groups in total. The predicted molar refractivity (Wildman–Crippen MR) is 105 cm³/mol. The highest BCUT2D eigenvalue weighted by Gasteiger charge is 2.39. The normalized spacial score (nSPS) is 13.9. The highest BCUT2D eigenvalue weighted by molar-refractivity contribution is 7.15. The van der Waals surface area contributed by atoms with E-state index in [-0.39, 0.29) is 5.91 Å². The highest BCUT2D eigenvalue weighted by Crippen LogP contribution is 2.37. The zero-order valence-electron chi connectivity index (χ0n) is 15.3. The van der Waals surface area contributed by atoms with Gasteiger partial charge in [-0.25, -0.2) is 4.98 Å². The molecule has 0 saturated carbocycles. The number of aromatic nitrogens is 1. The second-order valence-corrected chi connectivity index (χ2v) is 7.43. The average molecular weight is 382 g/mol. The van der Waals surface area contributed by atoms with Gasteiger partial charge in [0.25, 0.3) is 0 Å². The molecule has 0 aliphatic carbocycles. The van der Waals surface area contributed by atoms with Gasteiger partial charge in [0, 0.05) is 32.8 Å². The first-order chi connectivity index (χ1) is 13.2. The number of carbonyl (C=O) groups is 1. The van der Waals surface area contributed by atoms with Gasteiger partial charge < -0.3 is 10.1 Å². The molecular weight excluding hydrogens is 360 g/mol. The topological polar surface area (TPSA) is 75.9 Å². The van der Waals surface area contributed by atoms with Gasteiger partial charge in [-0.3, -0.25) is 4.79 Å². The number of ether oxygens (including phenoxy) is 1. The first kappa shape index (κ1) is 19.2. The average Bonchev–Trinajstić information content (AvgIpc) is 3.36. The summed E-state index contributed by atoms with van der Waals surface area (Å²) in [5.41, 5.74) is 1.52. The predicted octanol–water partition coefficient (Wildman–Crippen LogP) is 3.93. The van der Waals surface area contributed by atoms with Gasteiger partial charge in [0.1, 0.15) is 5.01 Å². The molecule has 0 unspecified atom stereocenters. The number of hydrogen-bond acceptors (Lipinski definition) is 6. The van der Waals surface area contributed by atoms with Crippen LogP contribution in [-0.2, 0) is 22.7 Å². The number of methoxy groups -OCH3 is 1. The van der Waals surface area contributed by atoms with Crippen molar-refractivity contribution in [1.29, 1.82) is 0 Å². The molecule has 140 valence electrons. The minimum Gasteiger partial charge on any atom is -0.378 e. The maximum atomic E-state index is 12.3. The molecule has 0 saturated heterocycles. The Hall–Kier alpha value is -2.56. The summed E-state index contributed by atoms with van der Waals surface area (Å²) < 4.78 is 5.20. The number of carbonyl (C=O) groups excluding carboxylic acids is 1. The lowest BCUT2D eigenvalue weighted by atomic mass is 10.0. The zero-order chi connectivity index (χ0) is 19.1. The fourth-order valence-corrected chi connectivity index (χ4v) is 3.83. The van der Waals surface area contributed by atoms with E-state index < -0.39 is 5.66 Å². The molecule has 2 aromatic rings. The molecule has 1 aromatic heterocycles. The number of nitrogens with zero attached hydrogens (tertiary/aromatic N) is 3. The number of nitrogens with one attached hydrogen (secondary N) is 1. The van der Waals surface area contributed by atoms with Gasteiger partial charge in [0.05, 0.1) is 23.7 Å². The van der Waals surface area contributed by atoms with Crippen molar-refractivity contribution in [2.75, 3.05) is 7.11 Å². The number of benzene rings is 1. The molecule has 1 aliphatic rings. The van der Waals surface area contributed by atoms with Gasteiger partial charge in [0.2, 0.25) is 5.91 Å². The lowest BCUT2D eigenvalue weighted by Gasteiger charge is -2.09. The van der Waals surface area contributed by atoms with Crippen LogP contribution >= 0.6 is 11.3 Å². The molecule has 6 nitrogen and oxygen atoms in total. The quantitative estimate of drug-likeness (QED) is 0.633. The van der Waals surface area contributed by atoms with Crippen LogP contribution in [0.4, 0.5) is 0 Å². The minimum atomic E-state index is -0.425. The van der Waals surface area contributed by atoms with Gasteiger partial charge in [-0.2, -0.15) is 10.2 Å². The van der Waals surface area contributed by atoms with Crippen LogP contribution in [0.5, 0.6) is 0 Å². The second kappa shape index (κ2) is 8.89. The molecule has 1 aromatic carbocycles. The fraction of sp³-hybridized carbons (Fsp3) is 0.400. The number of terminal acetylenes is 1. The van der Waals surface area contributed by atoms with Crippen LogP contribution < -0.4 is 5.32 Å². The summed E-state index contributed by atoms with van der Waals surface area (Å²) in [5.74, 6) is 2.56.